The van der Waals surface area contributed by atoms with Crippen LogP contribution < -0.4 is 5.32 Å². The molecule has 0 aliphatic carbocycles. The van der Waals surface area contributed by atoms with Crippen molar-refractivity contribution in [1.29, 1.82) is 0 Å². The fourth-order valence-electron chi connectivity index (χ4n) is 4.29. The van der Waals surface area contributed by atoms with Crippen LogP contribution in [-0.4, -0.2) is 34.9 Å². The van der Waals surface area contributed by atoms with Gasteiger partial charge in [-0.05, 0) is 44.9 Å². The standard InChI is InChI=1S/C31H59NO3/c1-3-5-7-9-10-11-12-13-14-15-16-17-18-19-20-21-23-25-27-31(35)32-29(28-33)30(34)26-24-22-8-6-4-2/h14-15,24,26,29-30,33-34H,3-13,16-23,25,27-28H2,1-2H3,(H,32,35)/b15-14-,26-24+. The maximum Gasteiger partial charge on any atom is 0.220 e. The van der Waals surface area contributed by atoms with Gasteiger partial charge in [0.2, 0.25) is 5.91 Å². The zero-order chi connectivity index (χ0) is 25.8. The largest absolute Gasteiger partial charge is 0.394 e. The molecule has 0 spiro atoms. The van der Waals surface area contributed by atoms with Gasteiger partial charge in [0.25, 0.3) is 0 Å². The second-order valence-electron chi connectivity index (χ2n) is 10.2. The van der Waals surface area contributed by atoms with Crippen LogP contribution in [0.15, 0.2) is 24.3 Å². The van der Waals surface area contributed by atoms with Crippen LogP contribution >= 0.6 is 0 Å². The lowest BCUT2D eigenvalue weighted by atomic mass is 10.1. The predicted octanol–water partition coefficient (Wildman–Crippen LogP) is 8.17. The molecule has 0 saturated heterocycles. The summed E-state index contributed by atoms with van der Waals surface area (Å²) < 4.78 is 0. The van der Waals surface area contributed by atoms with Crippen molar-refractivity contribution in [1.82, 2.24) is 5.32 Å². The monoisotopic (exact) mass is 493 g/mol. The Morgan fingerprint density at radius 1 is 0.657 bits per heavy atom. The van der Waals surface area contributed by atoms with E-state index in [2.05, 4.69) is 31.3 Å². The quantitative estimate of drug-likeness (QED) is 0.0840. The van der Waals surface area contributed by atoms with Crippen molar-refractivity contribution < 1.29 is 15.0 Å². The molecule has 0 aromatic heterocycles. The molecule has 1 amide bonds. The fourth-order valence-corrected chi connectivity index (χ4v) is 4.29. The zero-order valence-electron chi connectivity index (χ0n) is 23.3. The number of hydrogen-bond acceptors (Lipinski definition) is 3. The Bertz CT molecular complexity index is 503. The number of aliphatic hydroxyl groups is 2. The lowest BCUT2D eigenvalue weighted by Crippen LogP contribution is -2.45. The molecular formula is C31H59NO3. The first-order valence-corrected chi connectivity index (χ1v) is 15.1. The minimum atomic E-state index is -0.833. The van der Waals surface area contributed by atoms with E-state index in [-0.39, 0.29) is 12.5 Å². The molecule has 0 aliphatic heterocycles. The van der Waals surface area contributed by atoms with Crippen LogP contribution in [-0.2, 0) is 4.79 Å². The third kappa shape index (κ3) is 24.3. The molecule has 4 nitrogen and oxygen atoms in total. The van der Waals surface area contributed by atoms with E-state index in [1.807, 2.05) is 6.08 Å². The highest BCUT2D eigenvalue weighted by atomic mass is 16.3. The smallest absolute Gasteiger partial charge is 0.220 e. The Morgan fingerprint density at radius 2 is 1.09 bits per heavy atom. The molecule has 3 N–H and O–H groups in total. The lowest BCUT2D eigenvalue weighted by molar-refractivity contribution is -0.123. The van der Waals surface area contributed by atoms with Crippen LogP contribution in [0.4, 0.5) is 0 Å². The number of carbonyl (C=O) groups excluding carboxylic acids is 1. The van der Waals surface area contributed by atoms with Gasteiger partial charge in [0.1, 0.15) is 0 Å². The van der Waals surface area contributed by atoms with Crippen molar-refractivity contribution in [2.24, 2.45) is 0 Å². The van der Waals surface area contributed by atoms with E-state index in [0.717, 1.165) is 25.7 Å². The summed E-state index contributed by atoms with van der Waals surface area (Å²) >= 11 is 0. The van der Waals surface area contributed by atoms with Crippen molar-refractivity contribution in [3.63, 3.8) is 0 Å². The molecule has 0 heterocycles. The summed E-state index contributed by atoms with van der Waals surface area (Å²) in [5, 5.41) is 22.5. The Balaban J connectivity index is 3.55. The van der Waals surface area contributed by atoms with E-state index in [1.165, 1.54) is 103 Å². The number of carbonyl (C=O) groups is 1. The topological polar surface area (TPSA) is 69.6 Å². The van der Waals surface area contributed by atoms with Gasteiger partial charge in [-0.15, -0.1) is 0 Å². The van der Waals surface area contributed by atoms with Crippen LogP contribution in [0.3, 0.4) is 0 Å². The van der Waals surface area contributed by atoms with Crippen molar-refractivity contribution in [2.45, 2.75) is 161 Å². The summed E-state index contributed by atoms with van der Waals surface area (Å²) in [6.45, 7) is 4.18. The van der Waals surface area contributed by atoms with Gasteiger partial charge >= 0.3 is 0 Å². The number of amides is 1. The highest BCUT2D eigenvalue weighted by Gasteiger charge is 2.17. The predicted molar refractivity (Wildman–Crippen MR) is 152 cm³/mol. The molecule has 0 bridgehead atoms. The van der Waals surface area contributed by atoms with Crippen LogP contribution in [0.25, 0.3) is 0 Å². The maximum atomic E-state index is 12.1. The minimum Gasteiger partial charge on any atom is -0.394 e. The molecular weight excluding hydrogens is 434 g/mol. The number of aliphatic hydroxyl groups excluding tert-OH is 2. The van der Waals surface area contributed by atoms with Crippen LogP contribution in [0.5, 0.6) is 0 Å². The van der Waals surface area contributed by atoms with Gasteiger partial charge in [-0.25, -0.2) is 0 Å². The van der Waals surface area contributed by atoms with Crippen LogP contribution in [0, 0.1) is 0 Å². The van der Waals surface area contributed by atoms with Gasteiger partial charge in [0.05, 0.1) is 18.8 Å². The normalized spacial score (nSPS) is 13.6. The molecule has 206 valence electrons. The van der Waals surface area contributed by atoms with E-state index < -0.39 is 12.1 Å². The highest BCUT2D eigenvalue weighted by molar-refractivity contribution is 5.76. The average molecular weight is 494 g/mol. The summed E-state index contributed by atoms with van der Waals surface area (Å²) in [5.41, 5.74) is 0. The van der Waals surface area contributed by atoms with E-state index in [1.54, 1.807) is 6.08 Å². The zero-order valence-corrected chi connectivity index (χ0v) is 23.3. The van der Waals surface area contributed by atoms with E-state index in [0.29, 0.717) is 6.42 Å². The van der Waals surface area contributed by atoms with Crippen molar-refractivity contribution in [3.8, 4) is 0 Å². The van der Waals surface area contributed by atoms with E-state index in [9.17, 15) is 15.0 Å². The summed E-state index contributed by atoms with van der Waals surface area (Å²) in [4.78, 5) is 12.1. The molecule has 0 aliphatic rings. The SMILES string of the molecule is CCCCC/C=C/C(O)C(CO)NC(=O)CCCCCCCCC/C=C\CCCCCCCCC. The van der Waals surface area contributed by atoms with E-state index in [4.69, 9.17) is 0 Å². The summed E-state index contributed by atoms with van der Waals surface area (Å²) in [6.07, 6.45) is 32.7. The minimum absolute atomic E-state index is 0.0780. The molecule has 0 rings (SSSR count). The molecule has 0 aromatic carbocycles. The van der Waals surface area contributed by atoms with Crippen molar-refractivity contribution in [2.75, 3.05) is 6.61 Å². The third-order valence-corrected chi connectivity index (χ3v) is 6.68. The molecule has 0 radical (unpaired) electrons. The van der Waals surface area contributed by atoms with Crippen LogP contribution in [0.2, 0.25) is 0 Å². The Hall–Kier alpha value is -1.13. The first-order chi connectivity index (χ1) is 17.2. The summed E-state index contributed by atoms with van der Waals surface area (Å²) in [7, 11) is 0. The highest BCUT2D eigenvalue weighted by Crippen LogP contribution is 2.12. The molecule has 35 heavy (non-hydrogen) atoms. The van der Waals surface area contributed by atoms with Gasteiger partial charge in [-0.3, -0.25) is 4.79 Å². The summed E-state index contributed by atoms with van der Waals surface area (Å²) in [5.74, 6) is -0.0780. The van der Waals surface area contributed by atoms with Gasteiger partial charge in [0.15, 0.2) is 0 Å². The van der Waals surface area contributed by atoms with Gasteiger partial charge in [-0.1, -0.05) is 122 Å². The van der Waals surface area contributed by atoms with Crippen molar-refractivity contribution in [3.05, 3.63) is 24.3 Å². The fraction of sp³-hybridized carbons (Fsp3) is 0.839. The molecule has 2 atom stereocenters. The molecule has 0 saturated carbocycles. The van der Waals surface area contributed by atoms with E-state index >= 15 is 0 Å². The number of unbranched alkanes of at least 4 members (excludes halogenated alkanes) is 17. The number of nitrogens with one attached hydrogen (secondary N) is 1. The summed E-state index contributed by atoms with van der Waals surface area (Å²) in [6, 6.07) is -0.616. The van der Waals surface area contributed by atoms with Gasteiger partial charge in [-0.2, -0.15) is 0 Å². The Morgan fingerprint density at radius 3 is 1.63 bits per heavy atom. The molecule has 0 aromatic rings. The Labute approximate surface area is 218 Å². The van der Waals surface area contributed by atoms with Crippen molar-refractivity contribution >= 4 is 5.91 Å². The van der Waals surface area contributed by atoms with Gasteiger partial charge < -0.3 is 15.5 Å². The molecule has 0 fully saturated rings. The Kier molecular flexibility index (Phi) is 26.6. The third-order valence-electron chi connectivity index (χ3n) is 6.68. The average Bonchev–Trinajstić information content (AvgIpc) is 2.86. The number of hydrogen-bond donors (Lipinski definition) is 3. The second-order valence-corrected chi connectivity index (χ2v) is 10.2. The first kappa shape index (κ1) is 33.9. The molecule has 4 heteroatoms. The number of allylic oxidation sites excluding steroid dienone is 3. The lowest BCUT2D eigenvalue weighted by Gasteiger charge is -2.20. The number of rotatable bonds is 26. The van der Waals surface area contributed by atoms with Gasteiger partial charge in [0, 0.05) is 6.42 Å². The second kappa shape index (κ2) is 27.5. The first-order valence-electron chi connectivity index (χ1n) is 15.1. The maximum absolute atomic E-state index is 12.1. The molecule has 2 unspecified atom stereocenters. The van der Waals surface area contributed by atoms with Crippen LogP contribution in [0.1, 0.15) is 149 Å².